The van der Waals surface area contributed by atoms with Gasteiger partial charge in [0.15, 0.2) is 5.58 Å². The molecule has 1 aliphatic heterocycles. The summed E-state index contributed by atoms with van der Waals surface area (Å²) in [6.07, 6.45) is 6.60. The Labute approximate surface area is 196 Å². The number of hydrogen-bond donors (Lipinski definition) is 2. The van der Waals surface area contributed by atoms with Crippen molar-refractivity contribution in [3.63, 3.8) is 0 Å². The van der Waals surface area contributed by atoms with Crippen molar-refractivity contribution >= 4 is 27.8 Å². The number of hydrogen-bond acceptors (Lipinski definition) is 7. The summed E-state index contributed by atoms with van der Waals surface area (Å²) >= 11 is 0. The molecule has 1 aromatic carbocycles. The number of aryl methyl sites for hydroxylation is 1. The van der Waals surface area contributed by atoms with Gasteiger partial charge in [0, 0.05) is 35.4 Å². The molecule has 0 bridgehead atoms. The molecule has 1 saturated heterocycles. The van der Waals surface area contributed by atoms with Crippen LogP contribution in [-0.2, 0) is 15.8 Å². The maximum atomic E-state index is 12.1. The van der Waals surface area contributed by atoms with Crippen molar-refractivity contribution in [2.24, 2.45) is 5.73 Å². The average molecular weight is 458 g/mol. The van der Waals surface area contributed by atoms with E-state index >= 15 is 0 Å². The summed E-state index contributed by atoms with van der Waals surface area (Å²) in [5.74, 6) is 0.103. The van der Waals surface area contributed by atoms with E-state index in [0.29, 0.717) is 42.1 Å². The van der Waals surface area contributed by atoms with Crippen molar-refractivity contribution in [1.29, 1.82) is 0 Å². The molecule has 1 saturated carbocycles. The number of primary amides is 1. The van der Waals surface area contributed by atoms with Gasteiger partial charge < -0.3 is 20.2 Å². The van der Waals surface area contributed by atoms with E-state index in [1.54, 1.807) is 12.4 Å². The number of carbonyl (C=O) groups is 1. The minimum absolute atomic E-state index is 0.340. The van der Waals surface area contributed by atoms with E-state index in [4.69, 9.17) is 15.1 Å². The Bertz CT molecular complexity index is 1460. The molecule has 4 heterocycles. The van der Waals surface area contributed by atoms with Gasteiger partial charge in [0.2, 0.25) is 11.8 Å². The van der Waals surface area contributed by atoms with E-state index in [0.717, 1.165) is 47.0 Å². The maximum Gasteiger partial charge on any atom is 0.229 e. The molecule has 6 rings (SSSR count). The predicted molar refractivity (Wildman–Crippen MR) is 128 cm³/mol. The van der Waals surface area contributed by atoms with Crippen LogP contribution in [0.4, 0.5) is 0 Å². The lowest BCUT2D eigenvalue weighted by Gasteiger charge is -2.37. The minimum atomic E-state index is -0.896. The molecule has 0 radical (unpaired) electrons. The van der Waals surface area contributed by atoms with E-state index in [2.05, 4.69) is 14.9 Å². The minimum Gasteiger partial charge on any atom is -0.436 e. The number of pyridine rings is 2. The van der Waals surface area contributed by atoms with Gasteiger partial charge in [0.05, 0.1) is 16.7 Å². The highest BCUT2D eigenvalue weighted by atomic mass is 16.3. The van der Waals surface area contributed by atoms with Gasteiger partial charge in [-0.1, -0.05) is 6.07 Å². The molecule has 0 spiro atoms. The number of carbonyl (C=O) groups excluding carboxylic acids is 1. The zero-order chi connectivity index (χ0) is 23.7. The average Bonchev–Trinajstić information content (AvgIpc) is 3.52. The number of aromatic nitrogens is 3. The molecule has 8 heteroatoms. The normalized spacial score (nSPS) is 22.3. The number of oxazole rings is 1. The SMILES string of the molecule is Cc1ncc(-c2nc3cc([C@]4(O)CCCN(C)C4)ccc3o2)c2cc(C3(C(N)=O)CC3)ncc12. The number of nitrogens with two attached hydrogens (primary N) is 1. The highest BCUT2D eigenvalue weighted by Crippen LogP contribution is 2.48. The molecule has 2 fully saturated rings. The monoisotopic (exact) mass is 457 g/mol. The lowest BCUT2D eigenvalue weighted by molar-refractivity contribution is -0.120. The first-order chi connectivity index (χ1) is 16.3. The van der Waals surface area contributed by atoms with Crippen LogP contribution in [0.25, 0.3) is 33.3 Å². The zero-order valence-corrected chi connectivity index (χ0v) is 19.3. The number of fused-ring (bicyclic) bond motifs is 2. The van der Waals surface area contributed by atoms with Crippen LogP contribution in [0.1, 0.15) is 42.6 Å². The smallest absolute Gasteiger partial charge is 0.229 e. The summed E-state index contributed by atoms with van der Waals surface area (Å²) in [5, 5.41) is 13.0. The number of benzene rings is 1. The summed E-state index contributed by atoms with van der Waals surface area (Å²) < 4.78 is 6.13. The fourth-order valence-corrected chi connectivity index (χ4v) is 5.27. The van der Waals surface area contributed by atoms with Gasteiger partial charge in [-0.15, -0.1) is 0 Å². The Morgan fingerprint density at radius 2 is 1.97 bits per heavy atom. The number of amides is 1. The second kappa shape index (κ2) is 7.32. The van der Waals surface area contributed by atoms with Gasteiger partial charge in [0.25, 0.3) is 0 Å². The third-order valence-corrected chi connectivity index (χ3v) is 7.50. The third-order valence-electron chi connectivity index (χ3n) is 7.50. The van der Waals surface area contributed by atoms with Crippen LogP contribution in [0.15, 0.2) is 41.1 Å². The van der Waals surface area contributed by atoms with Crippen LogP contribution in [0.5, 0.6) is 0 Å². The molecule has 3 aromatic heterocycles. The lowest BCUT2D eigenvalue weighted by atomic mass is 9.86. The number of piperidine rings is 1. The Morgan fingerprint density at radius 3 is 2.71 bits per heavy atom. The molecule has 4 aromatic rings. The molecule has 174 valence electrons. The number of β-amino-alcohol motifs (C(OH)–C–C–N with tert-alkyl or cyclic N) is 1. The molecule has 1 amide bonds. The fraction of sp³-hybridized carbons (Fsp3) is 0.385. The molecular weight excluding hydrogens is 430 g/mol. The molecule has 8 nitrogen and oxygen atoms in total. The van der Waals surface area contributed by atoms with E-state index in [1.807, 2.05) is 38.2 Å². The van der Waals surface area contributed by atoms with E-state index < -0.39 is 11.0 Å². The standard InChI is InChI=1S/C26H27N5O3/c1-15-18-12-29-22(25(7-8-25)24(27)32)11-17(18)19(13-28-15)23-30-20-10-16(4-5-21(20)34-23)26(33)6-3-9-31(2)14-26/h4-5,10-13,33H,3,6-9,14H2,1-2H3,(H2,27,32)/t26-/m0/s1. The second-order valence-electron chi connectivity index (χ2n) is 9.89. The Balaban J connectivity index is 1.46. The van der Waals surface area contributed by atoms with Gasteiger partial charge in [-0.25, -0.2) is 4.98 Å². The molecule has 1 atom stereocenters. The number of aliphatic hydroxyl groups is 1. The van der Waals surface area contributed by atoms with E-state index in [9.17, 15) is 9.90 Å². The van der Waals surface area contributed by atoms with Gasteiger partial charge in [-0.05, 0) is 70.0 Å². The predicted octanol–water partition coefficient (Wildman–Crippen LogP) is 3.18. The van der Waals surface area contributed by atoms with E-state index in [1.165, 1.54) is 0 Å². The molecule has 2 aliphatic rings. The van der Waals surface area contributed by atoms with Crippen LogP contribution in [0.2, 0.25) is 0 Å². The first-order valence-electron chi connectivity index (χ1n) is 11.7. The van der Waals surface area contributed by atoms with Crippen molar-refractivity contribution < 1.29 is 14.3 Å². The summed E-state index contributed by atoms with van der Waals surface area (Å²) in [6.45, 7) is 3.50. The molecule has 3 N–H and O–H groups in total. The number of nitrogens with zero attached hydrogens (tertiary/aromatic N) is 4. The van der Waals surface area contributed by atoms with Gasteiger partial charge in [-0.3, -0.25) is 14.8 Å². The summed E-state index contributed by atoms with van der Waals surface area (Å²) in [7, 11) is 2.03. The quantitative estimate of drug-likeness (QED) is 0.483. The van der Waals surface area contributed by atoms with Crippen molar-refractivity contribution in [3.05, 3.63) is 53.6 Å². The first kappa shape index (κ1) is 21.2. The first-order valence-corrected chi connectivity index (χ1v) is 11.7. The van der Waals surface area contributed by atoms with Gasteiger partial charge in [0.1, 0.15) is 11.1 Å². The van der Waals surface area contributed by atoms with Crippen LogP contribution >= 0.6 is 0 Å². The lowest BCUT2D eigenvalue weighted by Crippen LogP contribution is -2.44. The Kier molecular flexibility index (Phi) is 4.56. The fourth-order valence-electron chi connectivity index (χ4n) is 5.27. The van der Waals surface area contributed by atoms with Crippen LogP contribution < -0.4 is 5.73 Å². The topological polar surface area (TPSA) is 118 Å². The van der Waals surface area contributed by atoms with Crippen LogP contribution in [-0.4, -0.2) is 51.0 Å². The largest absolute Gasteiger partial charge is 0.436 e. The number of likely N-dealkylation sites (tertiary alicyclic amines) is 1. The molecule has 34 heavy (non-hydrogen) atoms. The summed E-state index contributed by atoms with van der Waals surface area (Å²) in [4.78, 5) is 28.1. The van der Waals surface area contributed by atoms with Crippen LogP contribution in [0.3, 0.4) is 0 Å². The zero-order valence-electron chi connectivity index (χ0n) is 19.3. The van der Waals surface area contributed by atoms with E-state index in [-0.39, 0.29) is 5.91 Å². The maximum absolute atomic E-state index is 12.1. The molecule has 0 unspecified atom stereocenters. The summed E-state index contributed by atoms with van der Waals surface area (Å²) in [5.41, 5.74) is 8.55. The Morgan fingerprint density at radius 1 is 1.15 bits per heavy atom. The van der Waals surface area contributed by atoms with Crippen molar-refractivity contribution in [2.45, 2.75) is 43.6 Å². The highest BCUT2D eigenvalue weighted by molar-refractivity contribution is 5.98. The third kappa shape index (κ3) is 3.20. The van der Waals surface area contributed by atoms with Crippen LogP contribution in [0, 0.1) is 6.92 Å². The molecular formula is C26H27N5O3. The van der Waals surface area contributed by atoms with Crippen molar-refractivity contribution in [3.8, 4) is 11.5 Å². The van der Waals surface area contributed by atoms with Gasteiger partial charge >= 0.3 is 0 Å². The van der Waals surface area contributed by atoms with Gasteiger partial charge in [-0.2, -0.15) is 0 Å². The number of rotatable bonds is 4. The summed E-state index contributed by atoms with van der Waals surface area (Å²) in [6, 6.07) is 7.65. The van der Waals surface area contributed by atoms with Crippen molar-refractivity contribution in [2.75, 3.05) is 20.1 Å². The number of likely N-dealkylation sites (N-methyl/N-ethyl adjacent to an activating group) is 1. The second-order valence-corrected chi connectivity index (χ2v) is 9.89. The van der Waals surface area contributed by atoms with Crippen molar-refractivity contribution in [1.82, 2.24) is 19.9 Å². The Hall–Kier alpha value is -3.36. The molecule has 1 aliphatic carbocycles. The highest BCUT2D eigenvalue weighted by Gasteiger charge is 2.51.